The predicted octanol–water partition coefficient (Wildman–Crippen LogP) is 2.22. The molecule has 0 unspecified atom stereocenters. The van der Waals surface area contributed by atoms with E-state index in [0.29, 0.717) is 0 Å². The summed E-state index contributed by atoms with van der Waals surface area (Å²) in [6, 6.07) is 8.04. The van der Waals surface area contributed by atoms with Crippen molar-refractivity contribution in [2.24, 2.45) is 0 Å². The Labute approximate surface area is 123 Å². The van der Waals surface area contributed by atoms with Crippen LogP contribution in [0.3, 0.4) is 0 Å². The van der Waals surface area contributed by atoms with Crippen LogP contribution in [0.5, 0.6) is 5.75 Å². The third-order valence-corrected chi connectivity index (χ3v) is 4.34. The van der Waals surface area contributed by atoms with Crippen molar-refractivity contribution in [2.75, 3.05) is 33.3 Å². The van der Waals surface area contributed by atoms with Crippen molar-refractivity contribution in [1.82, 2.24) is 15.2 Å². The van der Waals surface area contributed by atoms with E-state index in [-0.39, 0.29) is 0 Å². The number of nitrogens with zero attached hydrogens (tertiary/aromatic N) is 2. The molecule has 1 aromatic heterocycles. The first-order valence-corrected chi connectivity index (χ1v) is 7.75. The molecule has 4 nitrogen and oxygen atoms in total. The van der Waals surface area contributed by atoms with Gasteiger partial charge in [-0.05, 0) is 12.1 Å². The highest BCUT2D eigenvalue weighted by molar-refractivity contribution is 7.09. The predicted molar refractivity (Wildman–Crippen MR) is 82.2 cm³/mol. The average molecular weight is 289 g/mol. The molecule has 20 heavy (non-hydrogen) atoms. The fraction of sp³-hybridized carbons (Fsp3) is 0.400. The van der Waals surface area contributed by atoms with Gasteiger partial charge >= 0.3 is 0 Å². The first-order valence-electron chi connectivity index (χ1n) is 6.87. The SMILES string of the molecule is COc1ccccc1-c1csc(CN2CCNCC2)n1. The number of thiazole rings is 1. The molecule has 1 aliphatic heterocycles. The second-order valence-electron chi connectivity index (χ2n) is 4.85. The topological polar surface area (TPSA) is 37.4 Å². The summed E-state index contributed by atoms with van der Waals surface area (Å²) in [6.07, 6.45) is 0. The van der Waals surface area contributed by atoms with E-state index in [1.165, 1.54) is 5.01 Å². The zero-order valence-corrected chi connectivity index (χ0v) is 12.4. The number of nitrogens with one attached hydrogen (secondary N) is 1. The second kappa shape index (κ2) is 6.35. The van der Waals surface area contributed by atoms with E-state index in [2.05, 4.69) is 21.7 Å². The van der Waals surface area contributed by atoms with Crippen molar-refractivity contribution in [3.63, 3.8) is 0 Å². The maximum Gasteiger partial charge on any atom is 0.128 e. The Morgan fingerprint density at radius 3 is 2.90 bits per heavy atom. The van der Waals surface area contributed by atoms with Crippen LogP contribution in [-0.2, 0) is 6.54 Å². The second-order valence-corrected chi connectivity index (χ2v) is 5.80. The molecular formula is C15H19N3OS. The van der Waals surface area contributed by atoms with Crippen molar-refractivity contribution in [1.29, 1.82) is 0 Å². The molecule has 1 saturated heterocycles. The zero-order valence-electron chi connectivity index (χ0n) is 11.6. The quantitative estimate of drug-likeness (QED) is 0.936. The van der Waals surface area contributed by atoms with Crippen LogP contribution in [0.4, 0.5) is 0 Å². The summed E-state index contributed by atoms with van der Waals surface area (Å²) in [7, 11) is 1.70. The normalized spacial score (nSPS) is 16.2. The van der Waals surface area contributed by atoms with Gasteiger partial charge in [0.2, 0.25) is 0 Å². The van der Waals surface area contributed by atoms with E-state index in [9.17, 15) is 0 Å². The lowest BCUT2D eigenvalue weighted by atomic mass is 10.1. The first kappa shape index (κ1) is 13.5. The zero-order chi connectivity index (χ0) is 13.8. The summed E-state index contributed by atoms with van der Waals surface area (Å²) in [5, 5.41) is 6.67. The van der Waals surface area contributed by atoms with E-state index in [0.717, 1.165) is 49.7 Å². The van der Waals surface area contributed by atoms with E-state index in [1.807, 2.05) is 18.2 Å². The van der Waals surface area contributed by atoms with E-state index >= 15 is 0 Å². The summed E-state index contributed by atoms with van der Waals surface area (Å²) in [5.41, 5.74) is 2.08. The monoisotopic (exact) mass is 289 g/mol. The number of ether oxygens (including phenoxy) is 1. The van der Waals surface area contributed by atoms with E-state index in [4.69, 9.17) is 9.72 Å². The molecule has 106 valence electrons. The Bertz CT molecular complexity index is 564. The van der Waals surface area contributed by atoms with Crippen LogP contribution in [0.2, 0.25) is 0 Å². The number of piperazine rings is 1. The van der Waals surface area contributed by atoms with Gasteiger partial charge in [0, 0.05) is 37.1 Å². The number of methoxy groups -OCH3 is 1. The number of hydrogen-bond donors (Lipinski definition) is 1. The summed E-state index contributed by atoms with van der Waals surface area (Å²) in [5.74, 6) is 0.881. The highest BCUT2D eigenvalue weighted by atomic mass is 32.1. The third-order valence-electron chi connectivity index (χ3n) is 3.50. The molecule has 0 saturated carbocycles. The molecule has 1 fully saturated rings. The van der Waals surface area contributed by atoms with E-state index < -0.39 is 0 Å². The van der Waals surface area contributed by atoms with Crippen molar-refractivity contribution in [3.05, 3.63) is 34.7 Å². The van der Waals surface area contributed by atoms with Gasteiger partial charge in [0.05, 0.1) is 19.3 Å². The fourth-order valence-corrected chi connectivity index (χ4v) is 3.26. The van der Waals surface area contributed by atoms with Gasteiger partial charge in [0.15, 0.2) is 0 Å². The molecule has 0 aliphatic carbocycles. The standard InChI is InChI=1S/C15H19N3OS/c1-19-14-5-3-2-4-12(14)13-11-20-15(17-13)10-18-8-6-16-7-9-18/h2-5,11,16H,6-10H2,1H3. The molecule has 1 aromatic carbocycles. The molecule has 0 radical (unpaired) electrons. The van der Waals surface area contributed by atoms with Crippen molar-refractivity contribution < 1.29 is 4.74 Å². The van der Waals surface area contributed by atoms with Gasteiger partial charge in [-0.15, -0.1) is 11.3 Å². The summed E-state index contributed by atoms with van der Waals surface area (Å²) in [4.78, 5) is 7.21. The molecule has 3 rings (SSSR count). The Hall–Kier alpha value is -1.43. The minimum atomic E-state index is 0.881. The minimum absolute atomic E-state index is 0.881. The highest BCUT2D eigenvalue weighted by Crippen LogP contribution is 2.30. The lowest BCUT2D eigenvalue weighted by Gasteiger charge is -2.26. The first-order chi connectivity index (χ1) is 9.86. The molecule has 0 atom stereocenters. The maximum atomic E-state index is 5.40. The number of hydrogen-bond acceptors (Lipinski definition) is 5. The van der Waals surface area contributed by atoms with Gasteiger partial charge in [0.1, 0.15) is 10.8 Å². The fourth-order valence-electron chi connectivity index (χ4n) is 2.42. The lowest BCUT2D eigenvalue weighted by molar-refractivity contribution is 0.233. The van der Waals surface area contributed by atoms with Crippen LogP contribution in [0.15, 0.2) is 29.6 Å². The van der Waals surface area contributed by atoms with Crippen LogP contribution in [0.25, 0.3) is 11.3 Å². The number of rotatable bonds is 4. The van der Waals surface area contributed by atoms with Gasteiger partial charge in [-0.2, -0.15) is 0 Å². The van der Waals surface area contributed by atoms with Crippen LogP contribution < -0.4 is 10.1 Å². The molecule has 1 N–H and O–H groups in total. The summed E-state index contributed by atoms with van der Waals surface area (Å²) < 4.78 is 5.40. The Kier molecular flexibility index (Phi) is 4.30. The molecule has 0 amide bonds. The van der Waals surface area contributed by atoms with Crippen molar-refractivity contribution in [2.45, 2.75) is 6.54 Å². The van der Waals surface area contributed by atoms with Gasteiger partial charge < -0.3 is 10.1 Å². The number of para-hydroxylation sites is 1. The Morgan fingerprint density at radius 2 is 2.10 bits per heavy atom. The molecule has 0 spiro atoms. The molecule has 0 bridgehead atoms. The van der Waals surface area contributed by atoms with Crippen LogP contribution in [-0.4, -0.2) is 43.2 Å². The van der Waals surface area contributed by atoms with Crippen molar-refractivity contribution >= 4 is 11.3 Å². The largest absolute Gasteiger partial charge is 0.496 e. The highest BCUT2D eigenvalue weighted by Gasteiger charge is 2.14. The summed E-state index contributed by atoms with van der Waals surface area (Å²) in [6.45, 7) is 5.30. The molecule has 2 heterocycles. The smallest absolute Gasteiger partial charge is 0.128 e. The number of aromatic nitrogens is 1. The van der Waals surface area contributed by atoms with Crippen LogP contribution >= 0.6 is 11.3 Å². The molecule has 1 aliphatic rings. The van der Waals surface area contributed by atoms with E-state index in [1.54, 1.807) is 18.4 Å². The van der Waals surface area contributed by atoms with Gasteiger partial charge in [-0.1, -0.05) is 12.1 Å². The Balaban J connectivity index is 1.75. The van der Waals surface area contributed by atoms with Crippen molar-refractivity contribution in [3.8, 4) is 17.0 Å². The Morgan fingerprint density at radius 1 is 1.30 bits per heavy atom. The average Bonchev–Trinajstić information content (AvgIpc) is 2.96. The molecular weight excluding hydrogens is 270 g/mol. The third kappa shape index (κ3) is 3.00. The number of benzene rings is 1. The van der Waals surface area contributed by atoms with Gasteiger partial charge in [-0.25, -0.2) is 4.98 Å². The molecule has 2 aromatic rings. The van der Waals surface area contributed by atoms with Crippen LogP contribution in [0.1, 0.15) is 5.01 Å². The minimum Gasteiger partial charge on any atom is -0.496 e. The van der Waals surface area contributed by atoms with Gasteiger partial charge in [-0.3, -0.25) is 4.90 Å². The van der Waals surface area contributed by atoms with Gasteiger partial charge in [0.25, 0.3) is 0 Å². The summed E-state index contributed by atoms with van der Waals surface area (Å²) >= 11 is 1.73. The lowest BCUT2D eigenvalue weighted by Crippen LogP contribution is -2.42. The molecule has 5 heteroatoms. The maximum absolute atomic E-state index is 5.40. The van der Waals surface area contributed by atoms with Crippen LogP contribution in [0, 0.1) is 0 Å².